The van der Waals surface area contributed by atoms with E-state index in [-0.39, 0.29) is 16.8 Å². The second-order valence-corrected chi connectivity index (χ2v) is 3.63. The van der Waals surface area contributed by atoms with Gasteiger partial charge in [0.25, 0.3) is 0 Å². The van der Waals surface area contributed by atoms with Crippen LogP contribution in [0.15, 0.2) is 30.3 Å². The number of benzene rings is 1. The zero-order valence-corrected chi connectivity index (χ0v) is 9.21. The summed E-state index contributed by atoms with van der Waals surface area (Å²) in [5.74, 6) is -1.63. The van der Waals surface area contributed by atoms with Gasteiger partial charge in [-0.2, -0.15) is 0 Å². The molecule has 0 fully saturated rings. The van der Waals surface area contributed by atoms with Crippen molar-refractivity contribution in [3.05, 3.63) is 47.1 Å². The first kappa shape index (κ1) is 11.6. The molecule has 0 radical (unpaired) electrons. The van der Waals surface area contributed by atoms with Gasteiger partial charge in [0, 0.05) is 17.8 Å². The summed E-state index contributed by atoms with van der Waals surface area (Å²) in [6, 6.07) is 5.75. The van der Waals surface area contributed by atoms with Crippen molar-refractivity contribution in [1.29, 1.82) is 0 Å². The molecular weight excluding hydrogens is 250 g/mol. The Labute approximate surface area is 101 Å². The number of anilines is 1. The van der Waals surface area contributed by atoms with Crippen LogP contribution in [0.25, 0.3) is 0 Å². The Morgan fingerprint density at radius 3 is 2.59 bits per heavy atom. The molecule has 0 amide bonds. The van der Waals surface area contributed by atoms with Gasteiger partial charge in [0.15, 0.2) is 11.6 Å². The van der Waals surface area contributed by atoms with E-state index in [1.807, 2.05) is 0 Å². The first-order chi connectivity index (χ1) is 8.04. The number of hydrogen-bond acceptors (Lipinski definition) is 3. The predicted molar refractivity (Wildman–Crippen MR) is 60.1 cm³/mol. The van der Waals surface area contributed by atoms with Crippen LogP contribution in [0.4, 0.5) is 14.5 Å². The van der Waals surface area contributed by atoms with Crippen LogP contribution in [0.1, 0.15) is 0 Å². The lowest BCUT2D eigenvalue weighted by Crippen LogP contribution is -1.94. The fourth-order valence-electron chi connectivity index (χ4n) is 1.21. The van der Waals surface area contributed by atoms with E-state index in [4.69, 9.17) is 22.1 Å². The number of nitrogen functional groups attached to an aromatic ring is 1. The minimum atomic E-state index is -0.828. The molecule has 3 nitrogen and oxygen atoms in total. The molecule has 0 spiro atoms. The monoisotopic (exact) mass is 256 g/mol. The number of nitrogens with two attached hydrogens (primary N) is 1. The Kier molecular flexibility index (Phi) is 3.10. The van der Waals surface area contributed by atoms with Crippen LogP contribution in [-0.4, -0.2) is 4.98 Å². The van der Waals surface area contributed by atoms with Crippen molar-refractivity contribution in [3.63, 3.8) is 0 Å². The van der Waals surface area contributed by atoms with Gasteiger partial charge in [-0.05, 0) is 18.2 Å². The smallest absolute Gasteiger partial charge is 0.222 e. The lowest BCUT2D eigenvalue weighted by molar-refractivity contribution is 0.424. The molecule has 0 saturated heterocycles. The summed E-state index contributed by atoms with van der Waals surface area (Å²) in [6.45, 7) is 0. The number of hydrogen-bond donors (Lipinski definition) is 1. The summed E-state index contributed by atoms with van der Waals surface area (Å²) in [5, 5.41) is 0.127. The van der Waals surface area contributed by atoms with Crippen molar-refractivity contribution in [1.82, 2.24) is 4.98 Å². The SMILES string of the molecule is Nc1cc(Cl)nc(Oc2ccc(F)cc2F)c1. The molecule has 17 heavy (non-hydrogen) atoms. The zero-order chi connectivity index (χ0) is 12.4. The molecule has 0 aliphatic rings. The first-order valence-electron chi connectivity index (χ1n) is 4.60. The van der Waals surface area contributed by atoms with Crippen LogP contribution in [0.5, 0.6) is 11.6 Å². The Balaban J connectivity index is 2.31. The highest BCUT2D eigenvalue weighted by atomic mass is 35.5. The fraction of sp³-hybridized carbons (Fsp3) is 0. The van der Waals surface area contributed by atoms with Gasteiger partial charge in [0.1, 0.15) is 11.0 Å². The molecule has 0 atom stereocenters. The molecule has 2 N–H and O–H groups in total. The molecule has 2 aromatic rings. The van der Waals surface area contributed by atoms with E-state index < -0.39 is 11.6 Å². The number of pyridine rings is 1. The molecule has 0 unspecified atom stereocenters. The van der Waals surface area contributed by atoms with Crippen LogP contribution in [0.3, 0.4) is 0 Å². The number of nitrogens with zero attached hydrogens (tertiary/aromatic N) is 1. The van der Waals surface area contributed by atoms with Gasteiger partial charge in [-0.15, -0.1) is 0 Å². The maximum atomic E-state index is 13.3. The van der Waals surface area contributed by atoms with Crippen LogP contribution >= 0.6 is 11.6 Å². The molecule has 0 aliphatic heterocycles. The normalized spacial score (nSPS) is 10.3. The third-order valence-electron chi connectivity index (χ3n) is 1.90. The van der Waals surface area contributed by atoms with Crippen molar-refractivity contribution in [2.75, 3.05) is 5.73 Å². The number of rotatable bonds is 2. The van der Waals surface area contributed by atoms with E-state index in [2.05, 4.69) is 4.98 Å². The Morgan fingerprint density at radius 2 is 1.94 bits per heavy atom. The van der Waals surface area contributed by atoms with Crippen molar-refractivity contribution >= 4 is 17.3 Å². The Morgan fingerprint density at radius 1 is 1.18 bits per heavy atom. The number of ether oxygens (including phenoxy) is 1. The largest absolute Gasteiger partial charge is 0.436 e. The van der Waals surface area contributed by atoms with Crippen molar-refractivity contribution in [3.8, 4) is 11.6 Å². The quantitative estimate of drug-likeness (QED) is 0.838. The predicted octanol–water partition coefficient (Wildman–Crippen LogP) is 3.39. The zero-order valence-electron chi connectivity index (χ0n) is 8.45. The first-order valence-corrected chi connectivity index (χ1v) is 4.98. The van der Waals surface area contributed by atoms with Gasteiger partial charge < -0.3 is 10.5 Å². The Bertz CT molecular complexity index is 543. The molecule has 2 rings (SSSR count). The molecule has 0 saturated carbocycles. The number of aromatic nitrogens is 1. The van der Waals surface area contributed by atoms with E-state index in [0.29, 0.717) is 11.8 Å². The standard InChI is InChI=1S/C11H7ClF2N2O/c12-10-4-7(15)5-11(16-10)17-9-2-1-6(13)3-8(9)14/h1-5H,(H2,15,16). The third kappa shape index (κ3) is 2.82. The van der Waals surface area contributed by atoms with Crippen LogP contribution in [0.2, 0.25) is 5.15 Å². The van der Waals surface area contributed by atoms with E-state index >= 15 is 0 Å². The highest BCUT2D eigenvalue weighted by Crippen LogP contribution is 2.26. The van der Waals surface area contributed by atoms with Crippen LogP contribution < -0.4 is 10.5 Å². The molecule has 0 aliphatic carbocycles. The van der Waals surface area contributed by atoms with Gasteiger partial charge in [0.05, 0.1) is 0 Å². The summed E-state index contributed by atoms with van der Waals surface area (Å²) >= 11 is 5.66. The topological polar surface area (TPSA) is 48.1 Å². The van der Waals surface area contributed by atoms with Gasteiger partial charge in [0.2, 0.25) is 5.88 Å². The van der Waals surface area contributed by atoms with Crippen molar-refractivity contribution in [2.24, 2.45) is 0 Å². The van der Waals surface area contributed by atoms with E-state index in [1.54, 1.807) is 0 Å². The summed E-state index contributed by atoms with van der Waals surface area (Å²) in [5.41, 5.74) is 5.85. The highest BCUT2D eigenvalue weighted by molar-refractivity contribution is 6.29. The van der Waals surface area contributed by atoms with Crippen LogP contribution in [0, 0.1) is 11.6 Å². The second kappa shape index (κ2) is 4.55. The molecule has 1 aromatic heterocycles. The van der Waals surface area contributed by atoms with Gasteiger partial charge >= 0.3 is 0 Å². The summed E-state index contributed by atoms with van der Waals surface area (Å²) in [7, 11) is 0. The average Bonchev–Trinajstić information content (AvgIpc) is 2.21. The molecule has 1 aromatic carbocycles. The number of halogens is 3. The molecule has 88 valence electrons. The minimum Gasteiger partial charge on any atom is -0.436 e. The Hall–Kier alpha value is -1.88. The van der Waals surface area contributed by atoms with Crippen molar-refractivity contribution in [2.45, 2.75) is 0 Å². The molecule has 0 bridgehead atoms. The second-order valence-electron chi connectivity index (χ2n) is 3.24. The summed E-state index contributed by atoms with van der Waals surface area (Å²) < 4.78 is 31.1. The maximum Gasteiger partial charge on any atom is 0.222 e. The minimum absolute atomic E-state index is 0.0421. The lowest BCUT2D eigenvalue weighted by atomic mass is 10.3. The summed E-state index contributed by atoms with van der Waals surface area (Å²) in [6.07, 6.45) is 0. The highest BCUT2D eigenvalue weighted by Gasteiger charge is 2.08. The lowest BCUT2D eigenvalue weighted by Gasteiger charge is -2.06. The van der Waals surface area contributed by atoms with Crippen molar-refractivity contribution < 1.29 is 13.5 Å². The van der Waals surface area contributed by atoms with E-state index in [9.17, 15) is 8.78 Å². The van der Waals surface area contributed by atoms with Crippen LogP contribution in [-0.2, 0) is 0 Å². The van der Waals surface area contributed by atoms with Gasteiger partial charge in [-0.25, -0.2) is 13.8 Å². The molecular formula is C11H7ClF2N2O. The van der Waals surface area contributed by atoms with Gasteiger partial charge in [-0.3, -0.25) is 0 Å². The van der Waals surface area contributed by atoms with E-state index in [1.165, 1.54) is 12.1 Å². The third-order valence-corrected chi connectivity index (χ3v) is 2.09. The molecule has 1 heterocycles. The maximum absolute atomic E-state index is 13.3. The average molecular weight is 257 g/mol. The summed E-state index contributed by atoms with van der Waals surface area (Å²) in [4.78, 5) is 3.80. The van der Waals surface area contributed by atoms with Gasteiger partial charge in [-0.1, -0.05) is 11.6 Å². The molecule has 6 heteroatoms. The fourth-order valence-corrected chi connectivity index (χ4v) is 1.42. The van der Waals surface area contributed by atoms with E-state index in [0.717, 1.165) is 12.1 Å².